The average Bonchev–Trinajstić information content (AvgIpc) is 3.04. The fourth-order valence-electron chi connectivity index (χ4n) is 2.88. The minimum absolute atomic E-state index is 0.692. The van der Waals surface area contributed by atoms with Crippen LogP contribution in [-0.4, -0.2) is 33.0 Å². The highest BCUT2D eigenvalue weighted by Crippen LogP contribution is 2.28. The molecule has 5 nitrogen and oxygen atoms in total. The van der Waals surface area contributed by atoms with Crippen molar-refractivity contribution in [3.63, 3.8) is 0 Å². The molecule has 1 aliphatic heterocycles. The molecule has 2 aromatic heterocycles. The van der Waals surface area contributed by atoms with Crippen LogP contribution in [0.1, 0.15) is 19.3 Å². The number of aromatic nitrogens is 4. The van der Waals surface area contributed by atoms with Crippen molar-refractivity contribution in [2.75, 3.05) is 18.0 Å². The van der Waals surface area contributed by atoms with Crippen LogP contribution in [0.25, 0.3) is 22.6 Å². The molecular weight excluding hydrogens is 298 g/mol. The fourth-order valence-corrected chi connectivity index (χ4v) is 3.01. The van der Waals surface area contributed by atoms with E-state index in [-0.39, 0.29) is 0 Å². The molecule has 0 radical (unpaired) electrons. The summed E-state index contributed by atoms with van der Waals surface area (Å²) in [5.74, 6) is 1.64. The minimum atomic E-state index is 0.692. The maximum absolute atomic E-state index is 5.96. The monoisotopic (exact) mass is 313 g/mol. The van der Waals surface area contributed by atoms with Gasteiger partial charge in [-0.25, -0.2) is 15.0 Å². The summed E-state index contributed by atoms with van der Waals surface area (Å²) in [6.07, 6.45) is 5.38. The molecule has 3 aromatic rings. The van der Waals surface area contributed by atoms with Crippen molar-refractivity contribution in [3.05, 3.63) is 35.6 Å². The van der Waals surface area contributed by atoms with Gasteiger partial charge >= 0.3 is 0 Å². The van der Waals surface area contributed by atoms with Crippen molar-refractivity contribution in [2.24, 2.45) is 0 Å². The van der Waals surface area contributed by atoms with Gasteiger partial charge in [-0.3, -0.25) is 0 Å². The number of benzene rings is 1. The van der Waals surface area contributed by atoms with E-state index in [1.165, 1.54) is 19.3 Å². The first-order chi connectivity index (χ1) is 10.8. The molecule has 1 N–H and O–H groups in total. The number of nitrogens with zero attached hydrogens (tertiary/aromatic N) is 4. The van der Waals surface area contributed by atoms with Crippen LogP contribution in [0.3, 0.4) is 0 Å². The highest BCUT2D eigenvalue weighted by atomic mass is 35.5. The summed E-state index contributed by atoms with van der Waals surface area (Å²) in [7, 11) is 0. The van der Waals surface area contributed by atoms with Crippen LogP contribution in [0, 0.1) is 0 Å². The Morgan fingerprint density at radius 3 is 2.55 bits per heavy atom. The lowest BCUT2D eigenvalue weighted by molar-refractivity contribution is 0.574. The molecule has 3 heterocycles. The number of imidazole rings is 1. The largest absolute Gasteiger partial charge is 0.355 e. The van der Waals surface area contributed by atoms with Crippen LogP contribution >= 0.6 is 11.6 Å². The molecular formula is C16H16ClN5. The number of hydrogen-bond donors (Lipinski definition) is 1. The third-order valence-electron chi connectivity index (χ3n) is 4.02. The van der Waals surface area contributed by atoms with Gasteiger partial charge in [0.1, 0.15) is 5.52 Å². The molecule has 0 saturated carbocycles. The van der Waals surface area contributed by atoms with E-state index in [1.54, 1.807) is 6.33 Å². The maximum atomic E-state index is 5.96. The summed E-state index contributed by atoms with van der Waals surface area (Å²) >= 11 is 5.96. The third-order valence-corrected chi connectivity index (χ3v) is 4.28. The van der Waals surface area contributed by atoms with Gasteiger partial charge < -0.3 is 9.88 Å². The Balaban J connectivity index is 1.84. The lowest BCUT2D eigenvalue weighted by Crippen LogP contribution is -2.30. The van der Waals surface area contributed by atoms with Crippen molar-refractivity contribution < 1.29 is 0 Å². The zero-order valence-corrected chi connectivity index (χ0v) is 12.8. The number of H-pyrrole nitrogens is 1. The summed E-state index contributed by atoms with van der Waals surface area (Å²) in [6.45, 7) is 2.07. The van der Waals surface area contributed by atoms with Crippen LogP contribution in [0.15, 0.2) is 30.6 Å². The number of piperidine rings is 1. The number of hydrogen-bond acceptors (Lipinski definition) is 4. The Morgan fingerprint density at radius 2 is 1.77 bits per heavy atom. The second-order valence-corrected chi connectivity index (χ2v) is 5.96. The van der Waals surface area contributed by atoms with Crippen LogP contribution in [0.2, 0.25) is 5.02 Å². The Labute approximate surface area is 133 Å². The van der Waals surface area contributed by atoms with Gasteiger partial charge in [-0.2, -0.15) is 0 Å². The van der Waals surface area contributed by atoms with Gasteiger partial charge in [-0.1, -0.05) is 11.6 Å². The Bertz CT molecular complexity index is 790. The van der Waals surface area contributed by atoms with Gasteiger partial charge in [0.15, 0.2) is 17.3 Å². The van der Waals surface area contributed by atoms with Crippen molar-refractivity contribution in [2.45, 2.75) is 19.3 Å². The van der Waals surface area contributed by atoms with E-state index in [0.717, 1.165) is 30.0 Å². The highest BCUT2D eigenvalue weighted by molar-refractivity contribution is 6.30. The standard InChI is InChI=1S/C16H16ClN5/c17-12-6-4-11(5-7-12)14-20-15-13(18-10-19-15)16(21-14)22-8-2-1-3-9-22/h4-7,10H,1-3,8-9H2,(H,18,19,20,21). The molecule has 0 spiro atoms. The maximum Gasteiger partial charge on any atom is 0.183 e. The molecule has 0 amide bonds. The SMILES string of the molecule is Clc1ccc(-c2nc(N3CCCCC3)c3[nH]cnc3n2)cc1. The highest BCUT2D eigenvalue weighted by Gasteiger charge is 2.18. The van der Waals surface area contributed by atoms with Gasteiger partial charge in [0, 0.05) is 23.7 Å². The Morgan fingerprint density at radius 1 is 1.00 bits per heavy atom. The first kappa shape index (κ1) is 13.5. The lowest BCUT2D eigenvalue weighted by atomic mass is 10.1. The average molecular weight is 314 g/mol. The number of anilines is 1. The first-order valence-corrected chi connectivity index (χ1v) is 7.91. The van der Waals surface area contributed by atoms with E-state index in [1.807, 2.05) is 24.3 Å². The molecule has 0 aliphatic carbocycles. The van der Waals surface area contributed by atoms with E-state index in [2.05, 4.69) is 19.9 Å². The van der Waals surface area contributed by atoms with E-state index in [9.17, 15) is 0 Å². The zero-order chi connectivity index (χ0) is 14.9. The predicted molar refractivity (Wildman–Crippen MR) is 88.2 cm³/mol. The smallest absolute Gasteiger partial charge is 0.183 e. The molecule has 1 aliphatic rings. The normalized spacial score (nSPS) is 15.4. The Hall–Kier alpha value is -2.14. The summed E-state index contributed by atoms with van der Waals surface area (Å²) in [4.78, 5) is 19.2. The van der Waals surface area contributed by atoms with Crippen LogP contribution in [0.4, 0.5) is 5.82 Å². The van der Waals surface area contributed by atoms with Crippen LogP contribution < -0.4 is 4.90 Å². The summed E-state index contributed by atoms with van der Waals surface area (Å²) < 4.78 is 0. The van der Waals surface area contributed by atoms with Crippen LogP contribution in [0.5, 0.6) is 0 Å². The Kier molecular flexibility index (Phi) is 3.42. The molecule has 1 fully saturated rings. The number of nitrogens with one attached hydrogen (secondary N) is 1. The van der Waals surface area contributed by atoms with E-state index in [4.69, 9.17) is 16.6 Å². The fraction of sp³-hybridized carbons (Fsp3) is 0.312. The minimum Gasteiger partial charge on any atom is -0.355 e. The number of halogens is 1. The summed E-state index contributed by atoms with van der Waals surface area (Å²) in [5, 5.41) is 0.709. The predicted octanol–water partition coefficient (Wildman–Crippen LogP) is 3.66. The molecule has 0 atom stereocenters. The van der Waals surface area contributed by atoms with Gasteiger partial charge in [-0.05, 0) is 43.5 Å². The molecule has 6 heteroatoms. The van der Waals surface area contributed by atoms with Gasteiger partial charge in [0.2, 0.25) is 0 Å². The molecule has 1 aromatic carbocycles. The molecule has 22 heavy (non-hydrogen) atoms. The summed E-state index contributed by atoms with van der Waals surface area (Å²) in [6, 6.07) is 7.59. The number of rotatable bonds is 2. The van der Waals surface area contributed by atoms with Gasteiger partial charge in [-0.15, -0.1) is 0 Å². The number of aromatic amines is 1. The molecule has 0 unspecified atom stereocenters. The second kappa shape index (κ2) is 5.57. The molecule has 4 rings (SSSR count). The van der Waals surface area contributed by atoms with Gasteiger partial charge in [0.05, 0.1) is 6.33 Å². The van der Waals surface area contributed by atoms with E-state index >= 15 is 0 Å². The topological polar surface area (TPSA) is 57.7 Å². The number of fused-ring (bicyclic) bond motifs is 1. The molecule has 112 valence electrons. The third kappa shape index (κ3) is 2.41. The molecule has 0 bridgehead atoms. The van der Waals surface area contributed by atoms with Gasteiger partial charge in [0.25, 0.3) is 0 Å². The second-order valence-electron chi connectivity index (χ2n) is 5.53. The van der Waals surface area contributed by atoms with Crippen molar-refractivity contribution in [3.8, 4) is 11.4 Å². The van der Waals surface area contributed by atoms with Crippen molar-refractivity contribution >= 4 is 28.6 Å². The van der Waals surface area contributed by atoms with E-state index in [0.29, 0.717) is 16.5 Å². The zero-order valence-electron chi connectivity index (χ0n) is 12.1. The lowest BCUT2D eigenvalue weighted by Gasteiger charge is -2.28. The first-order valence-electron chi connectivity index (χ1n) is 7.53. The molecule has 1 saturated heterocycles. The van der Waals surface area contributed by atoms with Crippen molar-refractivity contribution in [1.82, 2.24) is 19.9 Å². The van der Waals surface area contributed by atoms with E-state index < -0.39 is 0 Å². The van der Waals surface area contributed by atoms with Crippen LogP contribution in [-0.2, 0) is 0 Å². The van der Waals surface area contributed by atoms with Crippen molar-refractivity contribution in [1.29, 1.82) is 0 Å². The summed E-state index contributed by atoms with van der Waals surface area (Å²) in [5.41, 5.74) is 2.58. The quantitative estimate of drug-likeness (QED) is 0.784.